The summed E-state index contributed by atoms with van der Waals surface area (Å²) in [5.74, 6) is 0. The second kappa shape index (κ2) is 11.9. The number of rotatable bonds is 5. The maximum absolute atomic E-state index is 2.47. The van der Waals surface area contributed by atoms with Gasteiger partial charge in [-0.3, -0.25) is 0 Å². The minimum atomic E-state index is 1.12. The Bertz CT molecular complexity index is 3190. The summed E-state index contributed by atoms with van der Waals surface area (Å²) in [5.41, 5.74) is 9.35. The molecule has 0 atom stereocenters. The molecule has 0 N–H and O–H groups in total. The van der Waals surface area contributed by atoms with Crippen LogP contribution in [-0.2, 0) is 0 Å². The molecule has 0 bridgehead atoms. The number of benzene rings is 9. The summed E-state index contributed by atoms with van der Waals surface area (Å²) in [4.78, 5) is 2.45. The fraction of sp³-hybridized carbons (Fsp3) is 0. The number of hydrogen-bond donors (Lipinski definition) is 0. The number of hydrogen-bond acceptors (Lipinski definition) is 2. The Kier molecular flexibility index (Phi) is 6.76. The highest BCUT2D eigenvalue weighted by Crippen LogP contribution is 2.46. The highest BCUT2D eigenvalue weighted by atomic mass is 32.1. The molecular formula is C50H32N2S. The average Bonchev–Trinajstić information content (AvgIpc) is 3.77. The van der Waals surface area contributed by atoms with Crippen LogP contribution in [-0.4, -0.2) is 4.57 Å². The Morgan fingerprint density at radius 1 is 0.396 bits per heavy atom. The van der Waals surface area contributed by atoms with E-state index in [1.165, 1.54) is 74.6 Å². The Morgan fingerprint density at radius 2 is 1.06 bits per heavy atom. The van der Waals surface area contributed by atoms with Crippen molar-refractivity contribution < 1.29 is 0 Å². The van der Waals surface area contributed by atoms with Crippen molar-refractivity contribution in [2.24, 2.45) is 0 Å². The van der Waals surface area contributed by atoms with Crippen LogP contribution < -0.4 is 4.90 Å². The molecule has 0 saturated carbocycles. The van der Waals surface area contributed by atoms with Gasteiger partial charge in [0, 0.05) is 59.0 Å². The molecule has 248 valence electrons. The molecule has 0 radical (unpaired) electrons. The van der Waals surface area contributed by atoms with Gasteiger partial charge in [0.2, 0.25) is 0 Å². The zero-order valence-corrected chi connectivity index (χ0v) is 29.6. The van der Waals surface area contributed by atoms with E-state index in [2.05, 4.69) is 204 Å². The van der Waals surface area contributed by atoms with E-state index < -0.39 is 0 Å². The van der Waals surface area contributed by atoms with E-state index in [9.17, 15) is 0 Å². The van der Waals surface area contributed by atoms with E-state index >= 15 is 0 Å². The maximum Gasteiger partial charge on any atom is 0.0619 e. The highest BCUT2D eigenvalue weighted by Gasteiger charge is 2.21. The first-order valence-electron chi connectivity index (χ1n) is 18.1. The Hall–Kier alpha value is -6.68. The van der Waals surface area contributed by atoms with Crippen LogP contribution in [0, 0.1) is 0 Å². The largest absolute Gasteiger partial charge is 0.310 e. The lowest BCUT2D eigenvalue weighted by Crippen LogP contribution is -2.11. The quantitative estimate of drug-likeness (QED) is 0.174. The first kappa shape index (κ1) is 30.0. The van der Waals surface area contributed by atoms with Crippen LogP contribution in [0.1, 0.15) is 0 Å². The molecule has 0 aliphatic rings. The van der Waals surface area contributed by atoms with Crippen LogP contribution in [0.4, 0.5) is 17.1 Å². The van der Waals surface area contributed by atoms with Gasteiger partial charge in [0.15, 0.2) is 0 Å². The summed E-state index contributed by atoms with van der Waals surface area (Å²) in [6.45, 7) is 0. The summed E-state index contributed by atoms with van der Waals surface area (Å²) in [5, 5.41) is 10.0. The second-order valence-corrected chi connectivity index (χ2v) is 14.8. The number of para-hydroxylation sites is 1. The van der Waals surface area contributed by atoms with Crippen LogP contribution in [0.3, 0.4) is 0 Å². The van der Waals surface area contributed by atoms with Crippen molar-refractivity contribution in [3.8, 4) is 16.8 Å². The molecule has 53 heavy (non-hydrogen) atoms. The third-order valence-corrected chi connectivity index (χ3v) is 11.9. The molecule has 0 amide bonds. The number of fused-ring (bicyclic) bond motifs is 9. The zero-order chi connectivity index (χ0) is 34.9. The summed E-state index contributed by atoms with van der Waals surface area (Å²) in [6.07, 6.45) is 0. The minimum Gasteiger partial charge on any atom is -0.310 e. The lowest BCUT2D eigenvalue weighted by Gasteiger charge is -2.28. The van der Waals surface area contributed by atoms with Gasteiger partial charge in [-0.05, 0) is 76.3 Å². The van der Waals surface area contributed by atoms with E-state index in [0.717, 1.165) is 22.7 Å². The Morgan fingerprint density at radius 3 is 1.96 bits per heavy atom. The molecule has 0 aliphatic carbocycles. The SMILES string of the molecule is c1ccc(-c2ccccc2N(c2ccc3c(c2)sc2ccccc23)c2ccc3c(c2)c2ccc4ccccc4c2n3-c2ccc3ccccc3c2)cc1. The van der Waals surface area contributed by atoms with Gasteiger partial charge >= 0.3 is 0 Å². The molecule has 11 aromatic rings. The van der Waals surface area contributed by atoms with Gasteiger partial charge in [0.1, 0.15) is 0 Å². The average molecular weight is 693 g/mol. The fourth-order valence-electron chi connectivity index (χ4n) is 8.30. The molecule has 3 heteroatoms. The lowest BCUT2D eigenvalue weighted by molar-refractivity contribution is 1.19. The van der Waals surface area contributed by atoms with Gasteiger partial charge in [-0.2, -0.15) is 0 Å². The van der Waals surface area contributed by atoms with Gasteiger partial charge in [0.05, 0.1) is 16.7 Å². The second-order valence-electron chi connectivity index (χ2n) is 13.7. The maximum atomic E-state index is 2.47. The smallest absolute Gasteiger partial charge is 0.0619 e. The zero-order valence-electron chi connectivity index (χ0n) is 28.8. The minimum absolute atomic E-state index is 1.12. The summed E-state index contributed by atoms with van der Waals surface area (Å²) in [6, 6.07) is 71.1. The van der Waals surface area contributed by atoms with E-state index in [-0.39, 0.29) is 0 Å². The van der Waals surface area contributed by atoms with Gasteiger partial charge in [0.25, 0.3) is 0 Å². The van der Waals surface area contributed by atoms with Crippen molar-refractivity contribution in [3.05, 3.63) is 194 Å². The summed E-state index contributed by atoms with van der Waals surface area (Å²) < 4.78 is 5.06. The summed E-state index contributed by atoms with van der Waals surface area (Å²) >= 11 is 1.86. The van der Waals surface area contributed by atoms with Crippen molar-refractivity contribution in [2.45, 2.75) is 0 Å². The number of thiophene rings is 1. The summed E-state index contributed by atoms with van der Waals surface area (Å²) in [7, 11) is 0. The van der Waals surface area contributed by atoms with Gasteiger partial charge in [-0.15, -0.1) is 11.3 Å². The number of aromatic nitrogens is 1. The van der Waals surface area contributed by atoms with Gasteiger partial charge < -0.3 is 9.47 Å². The van der Waals surface area contributed by atoms with Crippen LogP contribution in [0.2, 0.25) is 0 Å². The van der Waals surface area contributed by atoms with E-state index in [4.69, 9.17) is 0 Å². The highest BCUT2D eigenvalue weighted by molar-refractivity contribution is 7.25. The van der Waals surface area contributed by atoms with E-state index in [0.29, 0.717) is 0 Å². The molecule has 11 rings (SSSR count). The predicted molar refractivity (Wildman–Crippen MR) is 229 cm³/mol. The molecule has 9 aromatic carbocycles. The molecule has 0 saturated heterocycles. The third kappa shape index (κ3) is 4.78. The molecule has 0 unspecified atom stereocenters. The van der Waals surface area contributed by atoms with Crippen molar-refractivity contribution in [1.29, 1.82) is 0 Å². The van der Waals surface area contributed by atoms with E-state index in [1.54, 1.807) is 0 Å². The van der Waals surface area contributed by atoms with Crippen molar-refractivity contribution >= 4 is 91.9 Å². The predicted octanol–water partition coefficient (Wildman–Crippen LogP) is 14.6. The van der Waals surface area contributed by atoms with Crippen LogP contribution in [0.15, 0.2) is 194 Å². The fourth-order valence-corrected chi connectivity index (χ4v) is 9.44. The molecule has 0 fully saturated rings. The molecule has 2 nitrogen and oxygen atoms in total. The topological polar surface area (TPSA) is 8.17 Å². The molecule has 0 spiro atoms. The lowest BCUT2D eigenvalue weighted by atomic mass is 10.0. The first-order valence-corrected chi connectivity index (χ1v) is 18.9. The third-order valence-electron chi connectivity index (χ3n) is 10.7. The monoisotopic (exact) mass is 692 g/mol. The molecular weight excluding hydrogens is 661 g/mol. The molecule has 0 aliphatic heterocycles. The van der Waals surface area contributed by atoms with Crippen LogP contribution in [0.5, 0.6) is 0 Å². The standard InChI is InChI=1S/C50H32N2S/c1-2-13-34(14-3-1)40-17-8-10-20-46(40)51(39-25-28-43-42-19-9-11-21-48(42)53-49(43)32-39)38-26-29-47-45(31-38)44-27-23-35-15-6-7-18-41(35)50(44)52(47)37-24-22-33-12-4-5-16-36(33)30-37/h1-32H. The molecule has 2 aromatic heterocycles. The van der Waals surface area contributed by atoms with E-state index in [1.807, 2.05) is 11.3 Å². The van der Waals surface area contributed by atoms with Crippen molar-refractivity contribution in [2.75, 3.05) is 4.90 Å². The Labute approximate surface area is 311 Å². The Balaban J connectivity index is 1.20. The van der Waals surface area contributed by atoms with Crippen molar-refractivity contribution in [1.82, 2.24) is 4.57 Å². The number of nitrogens with zero attached hydrogens (tertiary/aromatic N) is 2. The van der Waals surface area contributed by atoms with Crippen LogP contribution in [0.25, 0.3) is 80.3 Å². The normalized spacial score (nSPS) is 11.8. The first-order chi connectivity index (χ1) is 26.3. The molecule has 2 heterocycles. The van der Waals surface area contributed by atoms with Gasteiger partial charge in [-0.25, -0.2) is 0 Å². The van der Waals surface area contributed by atoms with Gasteiger partial charge in [-0.1, -0.05) is 140 Å². The van der Waals surface area contributed by atoms with Crippen LogP contribution >= 0.6 is 11.3 Å². The van der Waals surface area contributed by atoms with Crippen molar-refractivity contribution in [3.63, 3.8) is 0 Å². The number of anilines is 3.